The van der Waals surface area contributed by atoms with Crippen molar-refractivity contribution in [1.29, 1.82) is 0 Å². The van der Waals surface area contributed by atoms with Gasteiger partial charge in [-0.1, -0.05) is 31.2 Å². The second-order valence-corrected chi connectivity index (χ2v) is 7.92. The fraction of sp³-hybridized carbons (Fsp3) is 0.458. The Bertz CT molecular complexity index is 755. The van der Waals surface area contributed by atoms with Gasteiger partial charge in [-0.25, -0.2) is 0 Å². The molecule has 1 heterocycles. The third-order valence-corrected chi connectivity index (χ3v) is 5.59. The fourth-order valence-corrected chi connectivity index (χ4v) is 3.84. The number of rotatable bonds is 7. The Morgan fingerprint density at radius 1 is 1.18 bits per heavy atom. The van der Waals surface area contributed by atoms with Crippen LogP contribution in [0.2, 0.25) is 0 Å². The zero-order valence-corrected chi connectivity index (χ0v) is 17.3. The first-order chi connectivity index (χ1) is 13.5. The molecule has 0 spiro atoms. The molecule has 0 bridgehead atoms. The van der Waals surface area contributed by atoms with E-state index in [9.17, 15) is 4.79 Å². The first-order valence-electron chi connectivity index (χ1n) is 10.3. The predicted octanol–water partition coefficient (Wildman–Crippen LogP) is 4.74. The fourth-order valence-electron chi connectivity index (χ4n) is 3.84. The summed E-state index contributed by atoms with van der Waals surface area (Å²) in [5.74, 6) is 1.68. The molecule has 1 aliphatic rings. The summed E-state index contributed by atoms with van der Waals surface area (Å²) >= 11 is 0. The number of carbonyl (C=O) groups is 1. The highest BCUT2D eigenvalue weighted by molar-refractivity contribution is 5.76. The monoisotopic (exact) mass is 380 g/mol. The lowest BCUT2D eigenvalue weighted by atomic mass is 9.99. The molecule has 1 amide bonds. The van der Waals surface area contributed by atoms with E-state index in [1.165, 1.54) is 18.5 Å². The van der Waals surface area contributed by atoms with Gasteiger partial charge in [-0.2, -0.15) is 0 Å². The van der Waals surface area contributed by atoms with E-state index in [1.807, 2.05) is 31.2 Å². The van der Waals surface area contributed by atoms with Gasteiger partial charge in [-0.05, 0) is 67.5 Å². The summed E-state index contributed by atoms with van der Waals surface area (Å²) in [4.78, 5) is 14.8. The van der Waals surface area contributed by atoms with E-state index < -0.39 is 0 Å². The summed E-state index contributed by atoms with van der Waals surface area (Å²) in [6.07, 6.45) is 3.81. The smallest absolute Gasteiger partial charge is 0.220 e. The molecule has 2 aromatic carbocycles. The predicted molar refractivity (Wildman–Crippen MR) is 115 cm³/mol. The third-order valence-electron chi connectivity index (χ3n) is 5.59. The maximum absolute atomic E-state index is 12.3. The average molecular weight is 381 g/mol. The molecule has 150 valence electrons. The number of benzene rings is 2. The van der Waals surface area contributed by atoms with Gasteiger partial charge in [0.05, 0.1) is 13.2 Å². The number of piperidine rings is 1. The third kappa shape index (κ3) is 5.51. The molecule has 1 aliphatic heterocycles. The molecule has 2 aromatic rings. The molecule has 1 N–H and O–H groups in total. The van der Waals surface area contributed by atoms with E-state index >= 15 is 0 Å². The molecular weight excluding hydrogens is 348 g/mol. The number of amides is 1. The van der Waals surface area contributed by atoms with E-state index in [1.54, 1.807) is 7.11 Å². The average Bonchev–Trinajstić information content (AvgIpc) is 2.72. The molecule has 4 nitrogen and oxygen atoms in total. The van der Waals surface area contributed by atoms with E-state index in [4.69, 9.17) is 4.74 Å². The standard InChI is InChI=1S/C24H32N2O2/c1-18-5-4-16-26(17-18)22-11-9-21(10-12-22)19(2)25-24(27)15-8-20-6-13-23(28-3)14-7-20/h6-7,9-14,18-19H,4-5,8,15-17H2,1-3H3,(H,25,27)/t18-,19+/m1/s1. The van der Waals surface area contributed by atoms with Crippen LogP contribution in [0, 0.1) is 5.92 Å². The van der Waals surface area contributed by atoms with Gasteiger partial charge in [0.2, 0.25) is 5.91 Å². The van der Waals surface area contributed by atoms with Crippen LogP contribution in [-0.4, -0.2) is 26.1 Å². The van der Waals surface area contributed by atoms with Crippen LogP contribution in [0.25, 0.3) is 0 Å². The minimum absolute atomic E-state index is 0.0118. The Labute approximate surface area is 168 Å². The maximum Gasteiger partial charge on any atom is 0.220 e. The molecule has 0 unspecified atom stereocenters. The molecule has 1 fully saturated rings. The SMILES string of the molecule is COc1ccc(CCC(=O)N[C@@H](C)c2ccc(N3CCC[C@@H](C)C3)cc2)cc1. The van der Waals surface area contributed by atoms with E-state index in [-0.39, 0.29) is 11.9 Å². The Morgan fingerprint density at radius 3 is 2.54 bits per heavy atom. The number of carbonyl (C=O) groups excluding carboxylic acids is 1. The van der Waals surface area contributed by atoms with Crippen molar-refractivity contribution in [2.45, 2.75) is 45.6 Å². The highest BCUT2D eigenvalue weighted by Crippen LogP contribution is 2.24. The van der Waals surface area contributed by atoms with Gasteiger partial charge >= 0.3 is 0 Å². The Hall–Kier alpha value is -2.49. The van der Waals surface area contributed by atoms with Crippen LogP contribution in [0.3, 0.4) is 0 Å². The zero-order chi connectivity index (χ0) is 19.9. The first kappa shape index (κ1) is 20.2. The highest BCUT2D eigenvalue weighted by Gasteiger charge is 2.17. The highest BCUT2D eigenvalue weighted by atomic mass is 16.5. The molecule has 0 radical (unpaired) electrons. The van der Waals surface area contributed by atoms with Gasteiger partial charge in [-0.3, -0.25) is 4.79 Å². The molecule has 4 heteroatoms. The van der Waals surface area contributed by atoms with Crippen molar-refractivity contribution in [3.05, 3.63) is 59.7 Å². The van der Waals surface area contributed by atoms with Crippen LogP contribution in [0.5, 0.6) is 5.75 Å². The Balaban J connectivity index is 1.49. The van der Waals surface area contributed by atoms with Crippen molar-refractivity contribution in [2.24, 2.45) is 5.92 Å². The minimum Gasteiger partial charge on any atom is -0.497 e. The molecule has 0 aromatic heterocycles. The van der Waals surface area contributed by atoms with Crippen LogP contribution in [0.4, 0.5) is 5.69 Å². The number of aryl methyl sites for hydroxylation is 1. The lowest BCUT2D eigenvalue weighted by Crippen LogP contribution is -2.34. The van der Waals surface area contributed by atoms with Crippen LogP contribution < -0.4 is 15.0 Å². The van der Waals surface area contributed by atoms with E-state index in [0.29, 0.717) is 6.42 Å². The molecule has 1 saturated heterocycles. The normalized spacial score (nSPS) is 17.8. The number of ether oxygens (including phenoxy) is 1. The van der Waals surface area contributed by atoms with Crippen LogP contribution in [0.1, 0.15) is 50.3 Å². The largest absolute Gasteiger partial charge is 0.497 e. The summed E-state index contributed by atoms with van der Waals surface area (Å²) in [7, 11) is 1.66. The summed E-state index contributed by atoms with van der Waals surface area (Å²) in [6.45, 7) is 6.64. The Morgan fingerprint density at radius 2 is 1.89 bits per heavy atom. The molecule has 0 saturated carbocycles. The summed E-state index contributed by atoms with van der Waals surface area (Å²) in [5, 5.41) is 3.12. The molecule has 3 rings (SSSR count). The molecule has 2 atom stereocenters. The van der Waals surface area contributed by atoms with E-state index in [2.05, 4.69) is 41.4 Å². The number of nitrogens with one attached hydrogen (secondary N) is 1. The Kier molecular flexibility index (Phi) is 6.96. The van der Waals surface area contributed by atoms with Gasteiger partial charge in [0.1, 0.15) is 5.75 Å². The van der Waals surface area contributed by atoms with Gasteiger partial charge in [0.25, 0.3) is 0 Å². The lowest BCUT2D eigenvalue weighted by Gasteiger charge is -2.33. The van der Waals surface area contributed by atoms with Gasteiger partial charge in [-0.15, -0.1) is 0 Å². The molecule has 28 heavy (non-hydrogen) atoms. The first-order valence-corrected chi connectivity index (χ1v) is 10.3. The number of methoxy groups -OCH3 is 1. The number of hydrogen-bond acceptors (Lipinski definition) is 3. The second-order valence-electron chi connectivity index (χ2n) is 7.92. The van der Waals surface area contributed by atoms with Crippen molar-refractivity contribution >= 4 is 11.6 Å². The van der Waals surface area contributed by atoms with Crippen LogP contribution in [-0.2, 0) is 11.2 Å². The van der Waals surface area contributed by atoms with Crippen molar-refractivity contribution in [1.82, 2.24) is 5.32 Å². The lowest BCUT2D eigenvalue weighted by molar-refractivity contribution is -0.121. The van der Waals surface area contributed by atoms with Gasteiger partial charge in [0, 0.05) is 25.2 Å². The minimum atomic E-state index is 0.0118. The van der Waals surface area contributed by atoms with Gasteiger partial charge < -0.3 is 15.0 Å². The number of nitrogens with zero attached hydrogens (tertiary/aromatic N) is 1. The summed E-state index contributed by atoms with van der Waals surface area (Å²) in [6, 6.07) is 16.6. The van der Waals surface area contributed by atoms with Crippen molar-refractivity contribution in [2.75, 3.05) is 25.1 Å². The van der Waals surface area contributed by atoms with Gasteiger partial charge in [0.15, 0.2) is 0 Å². The molecular formula is C24H32N2O2. The number of hydrogen-bond donors (Lipinski definition) is 1. The van der Waals surface area contributed by atoms with Crippen LogP contribution >= 0.6 is 0 Å². The van der Waals surface area contributed by atoms with Crippen molar-refractivity contribution in [3.63, 3.8) is 0 Å². The topological polar surface area (TPSA) is 41.6 Å². The second kappa shape index (κ2) is 9.63. The van der Waals surface area contributed by atoms with Crippen molar-refractivity contribution in [3.8, 4) is 5.75 Å². The van der Waals surface area contributed by atoms with Crippen LogP contribution in [0.15, 0.2) is 48.5 Å². The van der Waals surface area contributed by atoms with Crippen molar-refractivity contribution < 1.29 is 9.53 Å². The maximum atomic E-state index is 12.3. The summed E-state index contributed by atoms with van der Waals surface area (Å²) < 4.78 is 5.17. The summed E-state index contributed by atoms with van der Waals surface area (Å²) in [5.41, 5.74) is 3.57. The van der Waals surface area contributed by atoms with E-state index in [0.717, 1.165) is 42.3 Å². The molecule has 0 aliphatic carbocycles. The zero-order valence-electron chi connectivity index (χ0n) is 17.3. The number of anilines is 1. The quantitative estimate of drug-likeness (QED) is 0.754.